The summed E-state index contributed by atoms with van der Waals surface area (Å²) >= 11 is 0. The van der Waals surface area contributed by atoms with Gasteiger partial charge in [0.15, 0.2) is 0 Å². The van der Waals surface area contributed by atoms with Crippen LogP contribution < -0.4 is 10.6 Å². The van der Waals surface area contributed by atoms with Crippen molar-refractivity contribution in [2.24, 2.45) is 11.3 Å². The largest absolute Gasteiger partial charge is 0.481 e. The molecular formula is C15H26N2O3. The Hall–Kier alpha value is -1.26. The number of carboxylic acid groups (broad SMARTS) is 1. The first kappa shape index (κ1) is 15.1. The normalized spacial score (nSPS) is 22.6. The number of carboxylic acids is 1. The molecular weight excluding hydrogens is 256 g/mol. The van der Waals surface area contributed by atoms with Gasteiger partial charge >= 0.3 is 12.0 Å². The van der Waals surface area contributed by atoms with Gasteiger partial charge in [-0.15, -0.1) is 0 Å². The Morgan fingerprint density at radius 3 is 2.20 bits per heavy atom. The smallest absolute Gasteiger partial charge is 0.315 e. The summed E-state index contributed by atoms with van der Waals surface area (Å²) in [6.45, 7) is 5.07. The lowest BCUT2D eigenvalue weighted by Crippen LogP contribution is -2.52. The first-order valence-corrected chi connectivity index (χ1v) is 7.65. The van der Waals surface area contributed by atoms with Crippen molar-refractivity contribution in [2.45, 2.75) is 64.3 Å². The van der Waals surface area contributed by atoms with Crippen molar-refractivity contribution in [1.29, 1.82) is 0 Å². The van der Waals surface area contributed by atoms with Crippen LogP contribution in [0.15, 0.2) is 0 Å². The number of hydrogen-bond donors (Lipinski definition) is 3. The molecule has 0 spiro atoms. The van der Waals surface area contributed by atoms with Gasteiger partial charge in [-0.2, -0.15) is 0 Å². The van der Waals surface area contributed by atoms with E-state index in [0.29, 0.717) is 12.5 Å². The minimum absolute atomic E-state index is 0.0236. The van der Waals surface area contributed by atoms with Crippen molar-refractivity contribution in [3.8, 4) is 0 Å². The van der Waals surface area contributed by atoms with E-state index in [1.54, 1.807) is 0 Å². The van der Waals surface area contributed by atoms with Gasteiger partial charge in [-0.25, -0.2) is 4.79 Å². The van der Waals surface area contributed by atoms with E-state index in [-0.39, 0.29) is 17.9 Å². The molecule has 0 saturated heterocycles. The predicted molar refractivity (Wildman–Crippen MR) is 76.5 cm³/mol. The van der Waals surface area contributed by atoms with Crippen molar-refractivity contribution in [1.82, 2.24) is 10.6 Å². The molecule has 5 nitrogen and oxygen atoms in total. The van der Waals surface area contributed by atoms with Gasteiger partial charge in [-0.1, -0.05) is 26.7 Å². The van der Waals surface area contributed by atoms with Crippen LogP contribution in [-0.4, -0.2) is 29.2 Å². The monoisotopic (exact) mass is 282 g/mol. The van der Waals surface area contributed by atoms with E-state index in [4.69, 9.17) is 5.11 Å². The molecule has 0 atom stereocenters. The summed E-state index contributed by atoms with van der Waals surface area (Å²) in [5.74, 6) is -0.268. The lowest BCUT2D eigenvalue weighted by molar-refractivity contribution is -0.138. The van der Waals surface area contributed by atoms with E-state index >= 15 is 0 Å². The molecule has 3 N–H and O–H groups in total. The van der Waals surface area contributed by atoms with Crippen LogP contribution in [0, 0.1) is 11.3 Å². The maximum absolute atomic E-state index is 12.1. The quantitative estimate of drug-likeness (QED) is 0.700. The minimum atomic E-state index is -0.840. The molecule has 0 aromatic rings. The molecule has 0 unspecified atom stereocenters. The molecule has 114 valence electrons. The Bertz CT molecular complexity index is 383. The molecule has 0 radical (unpaired) electrons. The highest BCUT2D eigenvalue weighted by Gasteiger charge is 2.45. The van der Waals surface area contributed by atoms with Crippen LogP contribution in [0.1, 0.15) is 58.8 Å². The van der Waals surface area contributed by atoms with Gasteiger partial charge in [0.05, 0.1) is 12.0 Å². The van der Waals surface area contributed by atoms with Gasteiger partial charge in [-0.05, 0) is 37.0 Å². The fourth-order valence-corrected chi connectivity index (χ4v) is 3.35. The number of rotatable bonds is 6. The summed E-state index contributed by atoms with van der Waals surface area (Å²) < 4.78 is 0. The molecule has 2 amide bonds. The number of hydrogen-bond acceptors (Lipinski definition) is 2. The van der Waals surface area contributed by atoms with Crippen LogP contribution in [-0.2, 0) is 4.79 Å². The van der Waals surface area contributed by atoms with E-state index < -0.39 is 11.5 Å². The molecule has 2 saturated carbocycles. The zero-order valence-electron chi connectivity index (χ0n) is 12.5. The van der Waals surface area contributed by atoms with E-state index in [9.17, 15) is 9.59 Å². The predicted octanol–water partition coefficient (Wildman–Crippen LogP) is 2.51. The van der Waals surface area contributed by atoms with Crippen LogP contribution >= 0.6 is 0 Å². The highest BCUT2D eigenvalue weighted by Crippen LogP contribution is 2.51. The summed E-state index contributed by atoms with van der Waals surface area (Å²) in [5.41, 5.74) is -0.266. The van der Waals surface area contributed by atoms with Crippen LogP contribution in [0.25, 0.3) is 0 Å². The van der Waals surface area contributed by atoms with Crippen molar-refractivity contribution in [3.63, 3.8) is 0 Å². The van der Waals surface area contributed by atoms with Crippen LogP contribution in [0.4, 0.5) is 4.79 Å². The van der Waals surface area contributed by atoms with E-state index in [1.165, 1.54) is 12.8 Å². The second kappa shape index (κ2) is 5.62. The van der Waals surface area contributed by atoms with Gasteiger partial charge in [0.25, 0.3) is 0 Å². The maximum Gasteiger partial charge on any atom is 0.315 e. The van der Waals surface area contributed by atoms with E-state index in [0.717, 1.165) is 25.7 Å². The first-order chi connectivity index (χ1) is 9.38. The molecule has 0 bridgehead atoms. The Labute approximate surface area is 120 Å². The van der Waals surface area contributed by atoms with Gasteiger partial charge in [-0.3, -0.25) is 4.79 Å². The van der Waals surface area contributed by atoms with E-state index in [1.807, 2.05) is 0 Å². The van der Waals surface area contributed by atoms with Crippen LogP contribution in [0.2, 0.25) is 0 Å². The molecule has 2 fully saturated rings. The maximum atomic E-state index is 12.1. The van der Waals surface area contributed by atoms with Gasteiger partial charge in [0.2, 0.25) is 0 Å². The second-order valence-electron chi connectivity index (χ2n) is 6.88. The number of carbonyl (C=O) groups excluding carboxylic acids is 1. The van der Waals surface area contributed by atoms with Gasteiger partial charge in [0, 0.05) is 6.54 Å². The second-order valence-corrected chi connectivity index (χ2v) is 6.88. The molecule has 0 heterocycles. The Kier molecular flexibility index (Phi) is 4.25. The summed E-state index contributed by atoms with van der Waals surface area (Å²) in [5, 5.41) is 14.9. The van der Waals surface area contributed by atoms with Crippen molar-refractivity contribution < 1.29 is 14.7 Å². The zero-order chi connectivity index (χ0) is 14.8. The molecule has 2 aliphatic carbocycles. The first-order valence-electron chi connectivity index (χ1n) is 7.65. The number of carbonyl (C=O) groups is 2. The lowest BCUT2D eigenvalue weighted by atomic mass is 9.92. The molecule has 20 heavy (non-hydrogen) atoms. The minimum Gasteiger partial charge on any atom is -0.481 e. The third-order valence-electron chi connectivity index (χ3n) is 5.15. The Morgan fingerprint density at radius 1 is 1.15 bits per heavy atom. The number of urea groups is 1. The third-order valence-corrected chi connectivity index (χ3v) is 5.15. The Balaban J connectivity index is 1.84. The highest BCUT2D eigenvalue weighted by atomic mass is 16.4. The van der Waals surface area contributed by atoms with E-state index in [2.05, 4.69) is 24.5 Å². The van der Waals surface area contributed by atoms with Crippen LogP contribution in [0.3, 0.4) is 0 Å². The molecule has 0 aromatic heterocycles. The number of nitrogens with one attached hydrogen (secondary N) is 2. The fourth-order valence-electron chi connectivity index (χ4n) is 3.35. The molecule has 0 aliphatic heterocycles. The highest BCUT2D eigenvalue weighted by molar-refractivity contribution is 5.77. The van der Waals surface area contributed by atoms with Gasteiger partial charge < -0.3 is 15.7 Å². The number of amides is 2. The standard InChI is InChI=1S/C15H26N2O3/c1-11(2)14(7-8-14)10-16-13(20)17-15(9-12(18)19)5-3-4-6-15/h11H,3-10H2,1-2H3,(H,18,19)(H2,16,17,20). The summed E-state index contributed by atoms with van der Waals surface area (Å²) in [6, 6.07) is -0.208. The third kappa shape index (κ3) is 3.44. The summed E-state index contributed by atoms with van der Waals surface area (Å²) in [6.07, 6.45) is 5.88. The Morgan fingerprint density at radius 2 is 1.75 bits per heavy atom. The molecule has 0 aromatic carbocycles. The molecule has 5 heteroatoms. The van der Waals surface area contributed by atoms with Gasteiger partial charge in [0.1, 0.15) is 0 Å². The van der Waals surface area contributed by atoms with Crippen molar-refractivity contribution in [3.05, 3.63) is 0 Å². The average molecular weight is 282 g/mol. The van der Waals surface area contributed by atoms with Crippen molar-refractivity contribution in [2.75, 3.05) is 6.54 Å². The molecule has 2 rings (SSSR count). The summed E-state index contributed by atoms with van der Waals surface area (Å²) in [7, 11) is 0. The fraction of sp³-hybridized carbons (Fsp3) is 0.867. The zero-order valence-corrected chi connectivity index (χ0v) is 12.5. The van der Waals surface area contributed by atoms with Crippen molar-refractivity contribution >= 4 is 12.0 Å². The van der Waals surface area contributed by atoms with Crippen LogP contribution in [0.5, 0.6) is 0 Å². The summed E-state index contributed by atoms with van der Waals surface area (Å²) in [4.78, 5) is 23.1. The SMILES string of the molecule is CC(C)C1(CNC(=O)NC2(CC(=O)O)CCCC2)CC1. The topological polar surface area (TPSA) is 78.4 Å². The lowest BCUT2D eigenvalue weighted by Gasteiger charge is -2.29. The number of aliphatic carboxylic acids is 1. The average Bonchev–Trinajstić information content (AvgIpc) is 3.03. The molecule has 2 aliphatic rings.